The Morgan fingerprint density at radius 1 is 0.880 bits per heavy atom. The number of hydrogen-bond acceptors (Lipinski definition) is 5. The Morgan fingerprint density at radius 2 is 1.32 bits per heavy atom. The van der Waals surface area contributed by atoms with Gasteiger partial charge < -0.3 is 20.1 Å². The molecular weight excluding hydrogens is 340 g/mol. The van der Waals surface area contributed by atoms with Crippen molar-refractivity contribution in [1.82, 2.24) is 10.6 Å². The molecule has 2 aliphatic rings. The highest BCUT2D eigenvalue weighted by atomic mass is 32.1. The van der Waals surface area contributed by atoms with E-state index in [4.69, 9.17) is 9.47 Å². The number of rotatable bonds is 6. The highest BCUT2D eigenvalue weighted by molar-refractivity contribution is 7.15. The van der Waals surface area contributed by atoms with E-state index in [0.29, 0.717) is 9.75 Å². The Balaban J connectivity index is 1.57. The number of ether oxygens (including phenoxy) is 2. The lowest BCUT2D eigenvalue weighted by atomic mass is 10.2. The van der Waals surface area contributed by atoms with Crippen LogP contribution in [0.15, 0.2) is 12.1 Å². The molecule has 2 aliphatic carbocycles. The Morgan fingerprint density at radius 3 is 1.72 bits per heavy atom. The fourth-order valence-corrected chi connectivity index (χ4v) is 4.62. The van der Waals surface area contributed by atoms with E-state index in [1.54, 1.807) is 26.4 Å². The molecule has 4 atom stereocenters. The second-order valence-corrected chi connectivity index (χ2v) is 7.82. The van der Waals surface area contributed by atoms with Gasteiger partial charge in [0.05, 0.1) is 34.0 Å². The summed E-state index contributed by atoms with van der Waals surface area (Å²) < 4.78 is 10.8. The molecule has 25 heavy (non-hydrogen) atoms. The van der Waals surface area contributed by atoms with Crippen LogP contribution in [0.1, 0.15) is 57.9 Å². The molecule has 0 aromatic carbocycles. The van der Waals surface area contributed by atoms with E-state index < -0.39 is 0 Å². The second-order valence-electron chi connectivity index (χ2n) is 6.73. The van der Waals surface area contributed by atoms with Crippen LogP contribution in [0.5, 0.6) is 0 Å². The van der Waals surface area contributed by atoms with Gasteiger partial charge in [0.2, 0.25) is 0 Å². The lowest BCUT2D eigenvalue weighted by Gasteiger charge is -2.19. The lowest BCUT2D eigenvalue weighted by molar-refractivity contribution is 0.0723. The molecule has 3 rings (SSSR count). The number of methoxy groups -OCH3 is 2. The first kappa shape index (κ1) is 18.4. The van der Waals surface area contributed by atoms with Gasteiger partial charge in [0.1, 0.15) is 0 Å². The van der Waals surface area contributed by atoms with Gasteiger partial charge in [0.25, 0.3) is 11.8 Å². The quantitative estimate of drug-likeness (QED) is 0.810. The molecule has 1 aromatic rings. The van der Waals surface area contributed by atoms with Crippen molar-refractivity contribution >= 4 is 23.2 Å². The summed E-state index contributed by atoms with van der Waals surface area (Å²) >= 11 is 1.23. The zero-order valence-corrected chi connectivity index (χ0v) is 15.6. The Kier molecular flexibility index (Phi) is 6.09. The number of hydrogen-bond donors (Lipinski definition) is 2. The fraction of sp³-hybridized carbons (Fsp3) is 0.667. The molecule has 0 saturated heterocycles. The van der Waals surface area contributed by atoms with Crippen molar-refractivity contribution in [3.05, 3.63) is 21.9 Å². The van der Waals surface area contributed by atoms with Crippen LogP contribution in [0.25, 0.3) is 0 Å². The predicted molar refractivity (Wildman–Crippen MR) is 96.1 cm³/mol. The van der Waals surface area contributed by atoms with Crippen LogP contribution in [0.4, 0.5) is 0 Å². The van der Waals surface area contributed by atoms with Crippen LogP contribution in [0.2, 0.25) is 0 Å². The van der Waals surface area contributed by atoms with Crippen LogP contribution in [-0.2, 0) is 9.47 Å². The van der Waals surface area contributed by atoms with Crippen molar-refractivity contribution in [2.45, 2.75) is 62.8 Å². The van der Waals surface area contributed by atoms with Gasteiger partial charge in [-0.1, -0.05) is 0 Å². The average molecular weight is 366 g/mol. The first-order chi connectivity index (χ1) is 12.1. The Labute approximate surface area is 152 Å². The van der Waals surface area contributed by atoms with Crippen molar-refractivity contribution < 1.29 is 19.1 Å². The van der Waals surface area contributed by atoms with E-state index in [1.807, 2.05) is 0 Å². The number of carbonyl (C=O) groups is 2. The van der Waals surface area contributed by atoms with E-state index >= 15 is 0 Å². The van der Waals surface area contributed by atoms with E-state index in [9.17, 15) is 9.59 Å². The van der Waals surface area contributed by atoms with Gasteiger partial charge in [-0.15, -0.1) is 11.3 Å². The van der Waals surface area contributed by atoms with Crippen molar-refractivity contribution in [1.29, 1.82) is 0 Å². The van der Waals surface area contributed by atoms with Gasteiger partial charge in [-0.3, -0.25) is 9.59 Å². The van der Waals surface area contributed by atoms with Gasteiger partial charge in [-0.2, -0.15) is 0 Å². The van der Waals surface area contributed by atoms with E-state index in [1.165, 1.54) is 11.3 Å². The summed E-state index contributed by atoms with van der Waals surface area (Å²) in [6, 6.07) is 3.54. The molecule has 0 spiro atoms. The summed E-state index contributed by atoms with van der Waals surface area (Å²) in [5.41, 5.74) is 0. The van der Waals surface area contributed by atoms with Gasteiger partial charge in [0.15, 0.2) is 0 Å². The first-order valence-corrected chi connectivity index (χ1v) is 9.71. The second kappa shape index (κ2) is 8.29. The van der Waals surface area contributed by atoms with Gasteiger partial charge in [0, 0.05) is 14.2 Å². The number of thiophene rings is 1. The van der Waals surface area contributed by atoms with Gasteiger partial charge in [-0.05, 0) is 50.7 Å². The molecule has 0 unspecified atom stereocenters. The highest BCUT2D eigenvalue weighted by Gasteiger charge is 2.30. The minimum atomic E-state index is -0.131. The van der Waals surface area contributed by atoms with Crippen LogP contribution < -0.4 is 10.6 Å². The summed E-state index contributed by atoms with van der Waals surface area (Å²) in [5.74, 6) is -0.262. The molecule has 2 N–H and O–H groups in total. The summed E-state index contributed by atoms with van der Waals surface area (Å²) in [5, 5.41) is 6.07. The molecule has 6 nitrogen and oxygen atoms in total. The van der Waals surface area contributed by atoms with Crippen molar-refractivity contribution in [2.24, 2.45) is 0 Å². The molecule has 2 saturated carbocycles. The maximum Gasteiger partial charge on any atom is 0.261 e. The monoisotopic (exact) mass is 366 g/mol. The molecule has 7 heteroatoms. The topological polar surface area (TPSA) is 76.7 Å². The number of carbonyl (C=O) groups excluding carboxylic acids is 2. The predicted octanol–water partition coefficient (Wildman–Crippen LogP) is 2.34. The fourth-order valence-electron chi connectivity index (χ4n) is 3.81. The van der Waals surface area contributed by atoms with Gasteiger partial charge >= 0.3 is 0 Å². The maximum atomic E-state index is 12.4. The highest BCUT2D eigenvalue weighted by Crippen LogP contribution is 2.25. The Bertz CT molecular complexity index is 567. The van der Waals surface area contributed by atoms with Gasteiger partial charge in [-0.25, -0.2) is 0 Å². The molecule has 2 fully saturated rings. The molecule has 1 heterocycles. The summed E-state index contributed by atoms with van der Waals surface area (Å²) in [6.07, 6.45) is 6.10. The van der Waals surface area contributed by atoms with Crippen molar-refractivity contribution in [2.75, 3.05) is 14.2 Å². The minimum absolute atomic E-state index is 0.0535. The third-order valence-corrected chi connectivity index (χ3v) is 6.28. The maximum absolute atomic E-state index is 12.4. The largest absolute Gasteiger partial charge is 0.379 e. The third-order valence-electron chi connectivity index (χ3n) is 5.20. The molecular formula is C18H26N2O4S. The molecule has 138 valence electrons. The molecule has 2 amide bonds. The standard InChI is InChI=1S/C18H26N2O4S/c1-23-13-7-3-5-11(13)19-17(21)15-9-10-16(25-15)18(22)20-12-6-4-8-14(12)24-2/h9-14H,3-8H2,1-2H3,(H,19,21)(H,20,22)/t11-,12+,13+,14-. The minimum Gasteiger partial charge on any atom is -0.379 e. The average Bonchev–Trinajstić information content (AvgIpc) is 3.34. The normalized spacial score (nSPS) is 28.9. The van der Waals surface area contributed by atoms with Crippen LogP contribution >= 0.6 is 11.3 Å². The van der Waals surface area contributed by atoms with E-state index in [0.717, 1.165) is 38.5 Å². The summed E-state index contributed by atoms with van der Waals surface area (Å²) in [6.45, 7) is 0. The summed E-state index contributed by atoms with van der Waals surface area (Å²) in [7, 11) is 3.36. The first-order valence-electron chi connectivity index (χ1n) is 8.89. The van der Waals surface area contributed by atoms with Crippen LogP contribution in [0, 0.1) is 0 Å². The molecule has 1 aromatic heterocycles. The zero-order chi connectivity index (χ0) is 17.8. The SMILES string of the molecule is CO[C@H]1CCC[C@H]1NC(=O)c1ccc(C(=O)N[C@H]2CCC[C@H]2OC)s1. The lowest BCUT2D eigenvalue weighted by Crippen LogP contribution is -2.40. The molecule has 0 aliphatic heterocycles. The van der Waals surface area contributed by atoms with Crippen LogP contribution in [-0.4, -0.2) is 50.3 Å². The molecule has 0 radical (unpaired) electrons. The zero-order valence-electron chi connectivity index (χ0n) is 14.7. The van der Waals surface area contributed by atoms with Crippen LogP contribution in [0.3, 0.4) is 0 Å². The van der Waals surface area contributed by atoms with E-state index in [-0.39, 0.29) is 36.1 Å². The number of amides is 2. The van der Waals surface area contributed by atoms with E-state index in [2.05, 4.69) is 10.6 Å². The van der Waals surface area contributed by atoms with Crippen molar-refractivity contribution in [3.8, 4) is 0 Å². The molecule has 0 bridgehead atoms. The third kappa shape index (κ3) is 4.22. The Hall–Kier alpha value is -1.44. The van der Waals surface area contributed by atoms with Crippen molar-refractivity contribution in [3.63, 3.8) is 0 Å². The number of nitrogens with one attached hydrogen (secondary N) is 2. The smallest absolute Gasteiger partial charge is 0.261 e. The summed E-state index contributed by atoms with van der Waals surface area (Å²) in [4.78, 5) is 26.0.